The summed E-state index contributed by atoms with van der Waals surface area (Å²) < 4.78 is 10.2. The quantitative estimate of drug-likeness (QED) is 0.599. The lowest BCUT2D eigenvalue weighted by Gasteiger charge is -2.12. The minimum atomic E-state index is -0.918. The van der Waals surface area contributed by atoms with Gasteiger partial charge in [0, 0.05) is 5.56 Å². The zero-order valence-electron chi connectivity index (χ0n) is 13.0. The number of benzene rings is 1. The van der Waals surface area contributed by atoms with Crippen LogP contribution in [0.5, 0.6) is 5.75 Å². The van der Waals surface area contributed by atoms with Gasteiger partial charge in [-0.1, -0.05) is 0 Å². The van der Waals surface area contributed by atoms with Crippen molar-refractivity contribution in [1.29, 1.82) is 0 Å². The van der Waals surface area contributed by atoms with Crippen molar-refractivity contribution < 1.29 is 23.9 Å². The fourth-order valence-corrected chi connectivity index (χ4v) is 2.68. The van der Waals surface area contributed by atoms with E-state index in [1.807, 2.05) is 0 Å². The number of carbonyl (C=O) groups is 3. The first-order valence-corrected chi connectivity index (χ1v) is 7.74. The van der Waals surface area contributed by atoms with Gasteiger partial charge < -0.3 is 9.47 Å². The van der Waals surface area contributed by atoms with Gasteiger partial charge >= 0.3 is 5.97 Å². The molecule has 0 N–H and O–H groups in total. The lowest BCUT2D eigenvalue weighted by atomic mass is 10.1. The molecule has 2 rings (SSSR count). The molecule has 0 amide bonds. The second-order valence-corrected chi connectivity index (χ2v) is 5.94. The normalized spacial score (nSPS) is 11.6. The second kappa shape index (κ2) is 7.19. The highest BCUT2D eigenvalue weighted by atomic mass is 32.1. The molecule has 0 bridgehead atoms. The Balaban J connectivity index is 2.04. The van der Waals surface area contributed by atoms with E-state index in [1.54, 1.807) is 30.3 Å². The van der Waals surface area contributed by atoms with E-state index in [4.69, 9.17) is 9.47 Å². The number of rotatable bonds is 6. The minimum Gasteiger partial charge on any atom is -0.497 e. The highest BCUT2D eigenvalue weighted by molar-refractivity contribution is 7.15. The van der Waals surface area contributed by atoms with Crippen molar-refractivity contribution in [2.24, 2.45) is 0 Å². The maximum absolute atomic E-state index is 12.3. The largest absolute Gasteiger partial charge is 0.497 e. The number of hydrogen-bond donors (Lipinski definition) is 0. The van der Waals surface area contributed by atoms with Crippen molar-refractivity contribution >= 4 is 28.9 Å². The van der Waals surface area contributed by atoms with Gasteiger partial charge in [-0.2, -0.15) is 0 Å². The number of Topliss-reactive ketones (excluding diaryl/α,β-unsaturated/α-hetero) is 2. The fourth-order valence-electron chi connectivity index (χ4n) is 1.90. The van der Waals surface area contributed by atoms with Crippen molar-refractivity contribution in [2.45, 2.75) is 20.0 Å². The van der Waals surface area contributed by atoms with Gasteiger partial charge in [-0.3, -0.25) is 9.59 Å². The highest BCUT2D eigenvalue weighted by Gasteiger charge is 2.21. The first-order chi connectivity index (χ1) is 10.9. The maximum atomic E-state index is 12.3. The predicted octanol–water partition coefficient (Wildman–Crippen LogP) is 3.39. The first kappa shape index (κ1) is 16.9. The molecule has 0 fully saturated rings. The molecule has 0 radical (unpaired) electrons. The molecule has 2 aromatic rings. The summed E-state index contributed by atoms with van der Waals surface area (Å²) in [5.41, 5.74) is 0.432. The van der Waals surface area contributed by atoms with Crippen LogP contribution in [0.2, 0.25) is 0 Å². The predicted molar refractivity (Wildman–Crippen MR) is 86.5 cm³/mol. The molecule has 1 atom stereocenters. The Hall–Kier alpha value is -2.47. The molecule has 0 aliphatic rings. The Morgan fingerprint density at radius 1 is 1.00 bits per heavy atom. The molecular formula is C17H16O5S. The third-order valence-corrected chi connectivity index (χ3v) is 4.35. The number of ketones is 2. The molecular weight excluding hydrogens is 316 g/mol. The van der Waals surface area contributed by atoms with E-state index in [0.29, 0.717) is 21.1 Å². The maximum Gasteiger partial charge on any atom is 0.349 e. The minimum absolute atomic E-state index is 0.114. The summed E-state index contributed by atoms with van der Waals surface area (Å²) in [7, 11) is 1.54. The first-order valence-electron chi connectivity index (χ1n) is 6.92. The van der Waals surface area contributed by atoms with E-state index in [-0.39, 0.29) is 11.6 Å². The third-order valence-electron chi connectivity index (χ3n) is 3.18. The molecule has 0 saturated heterocycles. The summed E-state index contributed by atoms with van der Waals surface area (Å²) in [5.74, 6) is -0.390. The van der Waals surface area contributed by atoms with Gasteiger partial charge in [0.15, 0.2) is 11.9 Å². The number of hydrogen-bond acceptors (Lipinski definition) is 6. The van der Waals surface area contributed by atoms with Crippen LogP contribution in [-0.2, 0) is 4.74 Å². The molecule has 0 saturated carbocycles. The Kier molecular flexibility index (Phi) is 5.28. The summed E-state index contributed by atoms with van der Waals surface area (Å²) in [6.07, 6.45) is -0.918. The summed E-state index contributed by atoms with van der Waals surface area (Å²) in [5, 5.41) is 0. The van der Waals surface area contributed by atoms with Gasteiger partial charge in [-0.15, -0.1) is 11.3 Å². The van der Waals surface area contributed by atoms with E-state index in [0.717, 1.165) is 11.3 Å². The van der Waals surface area contributed by atoms with Crippen LogP contribution in [0.4, 0.5) is 0 Å². The van der Waals surface area contributed by atoms with E-state index < -0.39 is 12.1 Å². The van der Waals surface area contributed by atoms with Crippen molar-refractivity contribution in [3.8, 4) is 5.75 Å². The molecule has 0 aliphatic heterocycles. The molecule has 23 heavy (non-hydrogen) atoms. The van der Waals surface area contributed by atoms with Crippen LogP contribution in [0.25, 0.3) is 0 Å². The van der Waals surface area contributed by atoms with E-state index >= 15 is 0 Å². The molecule has 1 heterocycles. The molecule has 1 aromatic carbocycles. The summed E-state index contributed by atoms with van der Waals surface area (Å²) in [6.45, 7) is 2.95. The molecule has 0 unspecified atom stereocenters. The van der Waals surface area contributed by atoms with Gasteiger partial charge in [0.1, 0.15) is 10.6 Å². The van der Waals surface area contributed by atoms with E-state index in [1.165, 1.54) is 27.0 Å². The van der Waals surface area contributed by atoms with Gasteiger partial charge in [0.25, 0.3) is 0 Å². The smallest absolute Gasteiger partial charge is 0.349 e. The Bertz CT molecular complexity index is 730. The van der Waals surface area contributed by atoms with Gasteiger partial charge in [-0.25, -0.2) is 4.79 Å². The molecule has 0 aliphatic carbocycles. The number of methoxy groups -OCH3 is 1. The van der Waals surface area contributed by atoms with Crippen molar-refractivity contribution in [3.05, 3.63) is 51.7 Å². The van der Waals surface area contributed by atoms with Crippen LogP contribution < -0.4 is 4.74 Å². The van der Waals surface area contributed by atoms with E-state index in [2.05, 4.69) is 0 Å². The van der Waals surface area contributed by atoms with Gasteiger partial charge in [0.2, 0.25) is 5.78 Å². The van der Waals surface area contributed by atoms with Gasteiger partial charge in [0.05, 0.1) is 12.0 Å². The van der Waals surface area contributed by atoms with Crippen molar-refractivity contribution in [2.75, 3.05) is 7.11 Å². The molecule has 1 aromatic heterocycles. The molecule has 0 spiro atoms. The molecule has 120 valence electrons. The second-order valence-electron chi connectivity index (χ2n) is 4.86. The average Bonchev–Trinajstić information content (AvgIpc) is 3.04. The topological polar surface area (TPSA) is 69.7 Å². The molecule has 6 heteroatoms. The molecule has 5 nitrogen and oxygen atoms in total. The van der Waals surface area contributed by atoms with Crippen LogP contribution in [-0.4, -0.2) is 30.7 Å². The highest BCUT2D eigenvalue weighted by Crippen LogP contribution is 2.19. The monoisotopic (exact) mass is 332 g/mol. The number of carbonyl (C=O) groups excluding carboxylic acids is 3. The fraction of sp³-hybridized carbons (Fsp3) is 0.235. The SMILES string of the molecule is COc1ccc(C(=O)[C@H](C)OC(=O)c2ccc(C(C)=O)s2)cc1. The lowest BCUT2D eigenvalue weighted by Crippen LogP contribution is -2.24. The number of esters is 1. The number of ether oxygens (including phenoxy) is 2. The summed E-state index contributed by atoms with van der Waals surface area (Å²) in [6, 6.07) is 9.66. The Morgan fingerprint density at radius 3 is 2.13 bits per heavy atom. The van der Waals surface area contributed by atoms with Crippen molar-refractivity contribution in [1.82, 2.24) is 0 Å². The average molecular weight is 332 g/mol. The summed E-state index contributed by atoms with van der Waals surface area (Å²) >= 11 is 1.05. The van der Waals surface area contributed by atoms with Crippen LogP contribution in [0.15, 0.2) is 36.4 Å². The van der Waals surface area contributed by atoms with Crippen LogP contribution in [0, 0.1) is 0 Å². The zero-order chi connectivity index (χ0) is 17.0. The van der Waals surface area contributed by atoms with Crippen LogP contribution >= 0.6 is 11.3 Å². The van der Waals surface area contributed by atoms with Gasteiger partial charge in [-0.05, 0) is 50.2 Å². The van der Waals surface area contributed by atoms with E-state index in [9.17, 15) is 14.4 Å². The third kappa shape index (κ3) is 4.04. The lowest BCUT2D eigenvalue weighted by molar-refractivity contribution is 0.0323. The van der Waals surface area contributed by atoms with Crippen molar-refractivity contribution in [3.63, 3.8) is 0 Å². The Labute approximate surface area is 137 Å². The summed E-state index contributed by atoms with van der Waals surface area (Å²) in [4.78, 5) is 36.3. The number of thiophene rings is 1. The van der Waals surface area contributed by atoms with Crippen LogP contribution in [0.1, 0.15) is 43.5 Å². The zero-order valence-corrected chi connectivity index (χ0v) is 13.8. The standard InChI is InChI=1S/C17H16O5S/c1-10(18)14-8-9-15(23-14)17(20)22-11(2)16(19)12-4-6-13(21-3)7-5-12/h4-9,11H,1-3H3/t11-/m0/s1. The Morgan fingerprint density at radius 2 is 1.61 bits per heavy atom. The van der Waals surface area contributed by atoms with Crippen LogP contribution in [0.3, 0.4) is 0 Å².